The quantitative estimate of drug-likeness (QED) is 0.361. The number of aromatic nitrogens is 2. The van der Waals surface area contributed by atoms with Crippen molar-refractivity contribution in [2.45, 2.75) is 19.9 Å². The summed E-state index contributed by atoms with van der Waals surface area (Å²) in [5.74, 6) is 1.71. The minimum Gasteiger partial charge on any atom is -0.497 e. The van der Waals surface area contributed by atoms with Gasteiger partial charge >= 0.3 is 0 Å². The molecule has 2 aromatic carbocycles. The normalized spacial score (nSPS) is 11.1. The Bertz CT molecular complexity index is 940. The van der Waals surface area contributed by atoms with Gasteiger partial charge in [0.05, 0.1) is 19.4 Å². The molecule has 3 aromatic rings. The van der Waals surface area contributed by atoms with Gasteiger partial charge in [-0.3, -0.25) is 5.10 Å². The molecule has 0 aliphatic rings. The number of methoxy groups -OCH3 is 1. The van der Waals surface area contributed by atoms with Crippen molar-refractivity contribution in [1.82, 2.24) is 20.4 Å². The number of rotatable bonds is 14. The fourth-order valence-electron chi connectivity index (χ4n) is 3.78. The van der Waals surface area contributed by atoms with Crippen LogP contribution in [0.2, 0.25) is 0 Å². The molecule has 3 rings (SSSR count). The maximum Gasteiger partial charge on any atom is 0.119 e. The number of anilines is 1. The van der Waals surface area contributed by atoms with E-state index in [1.165, 1.54) is 11.3 Å². The molecular formula is C26H37N5O2. The van der Waals surface area contributed by atoms with Gasteiger partial charge in [-0.2, -0.15) is 5.10 Å². The largest absolute Gasteiger partial charge is 0.497 e. The highest BCUT2D eigenvalue weighted by molar-refractivity contribution is 5.65. The number of nitrogens with one attached hydrogen (secondary N) is 2. The Morgan fingerprint density at radius 3 is 2.39 bits per heavy atom. The van der Waals surface area contributed by atoms with Gasteiger partial charge < -0.3 is 24.6 Å². The fraction of sp³-hybridized carbons (Fsp3) is 0.423. The number of nitrogens with zero attached hydrogens (tertiary/aromatic N) is 3. The lowest BCUT2D eigenvalue weighted by molar-refractivity contribution is 0.311. The van der Waals surface area contributed by atoms with Crippen LogP contribution in [0.5, 0.6) is 11.5 Å². The minimum absolute atomic E-state index is 0.679. The first kappa shape index (κ1) is 24.6. The smallest absolute Gasteiger partial charge is 0.119 e. The molecular weight excluding hydrogens is 414 g/mol. The van der Waals surface area contributed by atoms with Crippen molar-refractivity contribution in [1.29, 1.82) is 0 Å². The van der Waals surface area contributed by atoms with Gasteiger partial charge in [-0.25, -0.2) is 0 Å². The summed E-state index contributed by atoms with van der Waals surface area (Å²) in [7, 11) is 5.78. The van der Waals surface area contributed by atoms with Crippen LogP contribution in [-0.4, -0.2) is 69.1 Å². The van der Waals surface area contributed by atoms with Crippen molar-refractivity contribution < 1.29 is 9.47 Å². The molecule has 178 valence electrons. The summed E-state index contributed by atoms with van der Waals surface area (Å²) in [6.45, 7) is 7.58. The molecule has 0 fully saturated rings. The summed E-state index contributed by atoms with van der Waals surface area (Å²) in [5, 5.41) is 10.7. The fourth-order valence-corrected chi connectivity index (χ4v) is 3.78. The molecule has 1 aromatic heterocycles. The van der Waals surface area contributed by atoms with Crippen molar-refractivity contribution in [3.8, 4) is 22.8 Å². The first-order chi connectivity index (χ1) is 16.1. The molecule has 0 atom stereocenters. The Hall–Kier alpha value is -3.03. The lowest BCUT2D eigenvalue weighted by Crippen LogP contribution is -2.27. The number of hydrogen-bond donors (Lipinski definition) is 2. The average Bonchev–Trinajstić information content (AvgIpc) is 3.31. The third kappa shape index (κ3) is 7.23. The molecule has 0 aliphatic heterocycles. The molecule has 0 aliphatic carbocycles. The van der Waals surface area contributed by atoms with Crippen LogP contribution in [0.3, 0.4) is 0 Å². The monoisotopic (exact) mass is 451 g/mol. The van der Waals surface area contributed by atoms with Crippen LogP contribution >= 0.6 is 0 Å². The van der Waals surface area contributed by atoms with Gasteiger partial charge in [0.25, 0.3) is 0 Å². The maximum absolute atomic E-state index is 5.87. The van der Waals surface area contributed by atoms with Gasteiger partial charge in [0.15, 0.2) is 0 Å². The molecule has 1 heterocycles. The Morgan fingerprint density at radius 2 is 1.73 bits per heavy atom. The van der Waals surface area contributed by atoms with Gasteiger partial charge in [-0.05, 0) is 63.8 Å². The van der Waals surface area contributed by atoms with E-state index >= 15 is 0 Å². The summed E-state index contributed by atoms with van der Waals surface area (Å²) in [4.78, 5) is 4.67. The topological polar surface area (TPSA) is 65.7 Å². The average molecular weight is 452 g/mol. The van der Waals surface area contributed by atoms with Crippen LogP contribution in [0.1, 0.15) is 18.9 Å². The zero-order valence-electron chi connectivity index (χ0n) is 20.3. The minimum atomic E-state index is 0.679. The molecule has 0 unspecified atom stereocenters. The van der Waals surface area contributed by atoms with Crippen LogP contribution in [-0.2, 0) is 6.54 Å². The summed E-state index contributed by atoms with van der Waals surface area (Å²) in [5.41, 5.74) is 4.59. The zero-order chi connectivity index (χ0) is 23.5. The summed E-state index contributed by atoms with van der Waals surface area (Å²) in [6.07, 6.45) is 2.95. The SMILES string of the molecule is CCN(CCCOc1ccc(OC)cc1)c1ccc(-c2n[nH]cc2CN(C)CCNC)cc1. The van der Waals surface area contributed by atoms with E-state index in [2.05, 4.69) is 63.6 Å². The summed E-state index contributed by atoms with van der Waals surface area (Å²) in [6, 6.07) is 16.4. The molecule has 33 heavy (non-hydrogen) atoms. The number of ether oxygens (including phenoxy) is 2. The van der Waals surface area contributed by atoms with Crippen LogP contribution < -0.4 is 19.7 Å². The van der Waals surface area contributed by atoms with Gasteiger partial charge in [0, 0.05) is 55.7 Å². The highest BCUT2D eigenvalue weighted by atomic mass is 16.5. The van der Waals surface area contributed by atoms with Gasteiger partial charge in [0.1, 0.15) is 11.5 Å². The highest BCUT2D eigenvalue weighted by Crippen LogP contribution is 2.25. The molecule has 0 saturated heterocycles. The van der Waals surface area contributed by atoms with Crippen molar-refractivity contribution in [2.24, 2.45) is 0 Å². The van der Waals surface area contributed by atoms with E-state index in [9.17, 15) is 0 Å². The second kappa shape index (κ2) is 12.9. The van der Waals surface area contributed by atoms with E-state index in [-0.39, 0.29) is 0 Å². The standard InChI is InChI=1S/C26H37N5O2/c1-5-31(16-6-18-33-25-13-11-24(32-4)12-14-25)23-9-7-21(8-10-23)26-22(19-28-29-26)20-30(3)17-15-27-2/h7-14,19,27H,5-6,15-18,20H2,1-4H3,(H,28,29). The Kier molecular flexibility index (Phi) is 9.59. The van der Waals surface area contributed by atoms with Crippen molar-refractivity contribution in [3.63, 3.8) is 0 Å². The molecule has 2 N–H and O–H groups in total. The van der Waals surface area contributed by atoms with E-state index < -0.39 is 0 Å². The van der Waals surface area contributed by atoms with Crippen LogP contribution in [0.4, 0.5) is 5.69 Å². The first-order valence-electron chi connectivity index (χ1n) is 11.6. The number of H-pyrrole nitrogens is 1. The number of hydrogen-bond acceptors (Lipinski definition) is 6. The molecule has 0 amide bonds. The summed E-state index contributed by atoms with van der Waals surface area (Å²) < 4.78 is 11.1. The molecule has 0 spiro atoms. The second-order valence-corrected chi connectivity index (χ2v) is 8.10. The molecule has 0 radical (unpaired) electrons. The highest BCUT2D eigenvalue weighted by Gasteiger charge is 2.12. The van der Waals surface area contributed by atoms with E-state index in [4.69, 9.17) is 9.47 Å². The Morgan fingerprint density at radius 1 is 1.00 bits per heavy atom. The molecule has 7 heteroatoms. The van der Waals surface area contributed by atoms with Crippen molar-refractivity contribution in [2.75, 3.05) is 58.9 Å². The third-order valence-corrected chi connectivity index (χ3v) is 5.69. The predicted octanol–water partition coefficient (Wildman–Crippen LogP) is 4.03. The first-order valence-corrected chi connectivity index (χ1v) is 11.6. The second-order valence-electron chi connectivity index (χ2n) is 8.10. The number of likely N-dealkylation sites (N-methyl/N-ethyl adjacent to an activating group) is 2. The summed E-state index contributed by atoms with van der Waals surface area (Å²) >= 11 is 0. The molecule has 0 bridgehead atoms. The maximum atomic E-state index is 5.87. The van der Waals surface area contributed by atoms with E-state index in [1.807, 2.05) is 37.5 Å². The van der Waals surface area contributed by atoms with Gasteiger partial charge in [-0.1, -0.05) is 12.1 Å². The number of aromatic amines is 1. The number of benzene rings is 2. The molecule has 7 nitrogen and oxygen atoms in total. The lowest BCUT2D eigenvalue weighted by Gasteiger charge is -2.23. The van der Waals surface area contributed by atoms with Gasteiger partial charge in [0.2, 0.25) is 0 Å². The van der Waals surface area contributed by atoms with E-state index in [1.54, 1.807) is 7.11 Å². The third-order valence-electron chi connectivity index (χ3n) is 5.69. The van der Waals surface area contributed by atoms with Gasteiger partial charge in [-0.15, -0.1) is 0 Å². The van der Waals surface area contributed by atoms with Crippen LogP contribution in [0, 0.1) is 0 Å². The van der Waals surface area contributed by atoms with E-state index in [0.717, 1.165) is 61.9 Å². The zero-order valence-corrected chi connectivity index (χ0v) is 20.3. The van der Waals surface area contributed by atoms with Crippen LogP contribution in [0.25, 0.3) is 11.3 Å². The lowest BCUT2D eigenvalue weighted by atomic mass is 10.1. The molecule has 0 saturated carbocycles. The van der Waals surface area contributed by atoms with Crippen molar-refractivity contribution >= 4 is 5.69 Å². The Labute approximate surface area is 197 Å². The van der Waals surface area contributed by atoms with Crippen molar-refractivity contribution in [3.05, 3.63) is 60.3 Å². The van der Waals surface area contributed by atoms with E-state index in [0.29, 0.717) is 6.61 Å². The predicted molar refractivity (Wildman–Crippen MR) is 135 cm³/mol. The Balaban J connectivity index is 1.53. The van der Waals surface area contributed by atoms with Crippen LogP contribution in [0.15, 0.2) is 54.7 Å².